The van der Waals surface area contributed by atoms with E-state index in [4.69, 9.17) is 0 Å². The molecule has 1 aromatic heterocycles. The van der Waals surface area contributed by atoms with Gasteiger partial charge in [0.1, 0.15) is 0 Å². The number of hydrogen-bond acceptors (Lipinski definition) is 1. The first kappa shape index (κ1) is 21.8. The normalized spacial score (nSPS) is 13.1. The number of hydrogen-bond donors (Lipinski definition) is 3. The third-order valence-electron chi connectivity index (χ3n) is 6.26. The Labute approximate surface area is 190 Å². The maximum atomic E-state index is 13.0. The zero-order chi connectivity index (χ0) is 22.7. The van der Waals surface area contributed by atoms with Gasteiger partial charge in [-0.1, -0.05) is 66.2 Å². The van der Waals surface area contributed by atoms with Crippen LogP contribution in [0.4, 0.5) is 5.69 Å². The summed E-state index contributed by atoms with van der Waals surface area (Å²) in [6.07, 6.45) is 2.11. The number of rotatable bonds is 7. The average Bonchev–Trinajstić information content (AvgIpc) is 3.21. The number of anilines is 1. The second-order valence-electron chi connectivity index (χ2n) is 8.78. The summed E-state index contributed by atoms with van der Waals surface area (Å²) >= 11 is 0. The van der Waals surface area contributed by atoms with Crippen molar-refractivity contribution in [1.29, 1.82) is 0 Å². The number of quaternary nitrogens is 1. The van der Waals surface area contributed by atoms with Crippen LogP contribution < -0.4 is 10.6 Å². The number of para-hydroxylation sites is 1. The summed E-state index contributed by atoms with van der Waals surface area (Å²) in [4.78, 5) is 16.4. The molecule has 0 saturated carbocycles. The topological polar surface area (TPSA) is 61.5 Å². The van der Waals surface area contributed by atoms with Crippen LogP contribution in [0.15, 0.2) is 72.9 Å². The van der Waals surface area contributed by atoms with Gasteiger partial charge in [0.05, 0.1) is 12.5 Å². The van der Waals surface area contributed by atoms with Gasteiger partial charge in [-0.15, -0.1) is 0 Å². The third-order valence-corrected chi connectivity index (χ3v) is 6.26. The molecule has 4 rings (SSSR count). The molecule has 2 atom stereocenters. The van der Waals surface area contributed by atoms with E-state index in [2.05, 4.69) is 83.3 Å². The van der Waals surface area contributed by atoms with E-state index in [0.29, 0.717) is 0 Å². The van der Waals surface area contributed by atoms with Crippen LogP contribution in [0.2, 0.25) is 0 Å². The fourth-order valence-corrected chi connectivity index (χ4v) is 4.57. The second-order valence-corrected chi connectivity index (χ2v) is 8.78. The van der Waals surface area contributed by atoms with Gasteiger partial charge in [-0.25, -0.2) is 0 Å². The molecule has 164 valence electrons. The number of carbonyl (C=O) groups is 1. The molecule has 0 bridgehead atoms. The largest absolute Gasteiger partial charge is 0.361 e. The minimum atomic E-state index is -0.202. The van der Waals surface area contributed by atoms with Crippen LogP contribution in [0.25, 0.3) is 10.9 Å². The molecule has 0 radical (unpaired) electrons. The van der Waals surface area contributed by atoms with E-state index in [9.17, 15) is 4.79 Å². The Morgan fingerprint density at radius 2 is 1.62 bits per heavy atom. The summed E-state index contributed by atoms with van der Waals surface area (Å²) in [6.45, 7) is 8.94. The van der Waals surface area contributed by atoms with Crippen molar-refractivity contribution in [3.63, 3.8) is 0 Å². The van der Waals surface area contributed by atoms with Gasteiger partial charge in [-0.3, -0.25) is 4.79 Å². The lowest BCUT2D eigenvalue weighted by molar-refractivity contribution is -0.674. The summed E-state index contributed by atoms with van der Waals surface area (Å²) in [5.41, 5.74) is 8.00. The number of aromatic amines is 1. The van der Waals surface area contributed by atoms with Gasteiger partial charge in [0.25, 0.3) is 5.91 Å². The van der Waals surface area contributed by atoms with E-state index in [1.54, 1.807) is 0 Å². The summed E-state index contributed by atoms with van der Waals surface area (Å²) in [5.74, 6) is 0.219. The van der Waals surface area contributed by atoms with Gasteiger partial charge in [0, 0.05) is 22.8 Å². The van der Waals surface area contributed by atoms with Crippen molar-refractivity contribution < 1.29 is 10.1 Å². The molecule has 4 nitrogen and oxygen atoms in total. The van der Waals surface area contributed by atoms with E-state index in [1.165, 1.54) is 22.1 Å². The maximum absolute atomic E-state index is 13.0. The van der Waals surface area contributed by atoms with Gasteiger partial charge >= 0.3 is 0 Å². The number of benzene rings is 3. The summed E-state index contributed by atoms with van der Waals surface area (Å²) in [5, 5.41) is 6.54. The second kappa shape index (κ2) is 9.41. The molecule has 0 aliphatic heterocycles. The average molecular weight is 427 g/mol. The summed E-state index contributed by atoms with van der Waals surface area (Å²) in [7, 11) is 0. The minimum Gasteiger partial charge on any atom is -0.361 e. The molecule has 0 saturated heterocycles. The van der Waals surface area contributed by atoms with E-state index in [0.717, 1.165) is 28.9 Å². The SMILES string of the molecule is Cc1cc(C)c(NC(=O)[C@@H](C)[NH2+]C[C@@H](c2ccccc2)c2c[nH]c3ccccc23)c(C)c1. The van der Waals surface area contributed by atoms with Crippen LogP contribution in [0.3, 0.4) is 0 Å². The molecule has 0 aliphatic carbocycles. The van der Waals surface area contributed by atoms with Crippen molar-refractivity contribution in [1.82, 2.24) is 4.98 Å². The van der Waals surface area contributed by atoms with E-state index in [1.807, 2.05) is 32.9 Å². The number of amides is 1. The lowest BCUT2D eigenvalue weighted by Crippen LogP contribution is -2.92. The molecule has 0 fully saturated rings. The van der Waals surface area contributed by atoms with Crippen molar-refractivity contribution in [2.45, 2.75) is 39.7 Å². The van der Waals surface area contributed by atoms with Crippen LogP contribution in [0, 0.1) is 20.8 Å². The standard InChI is InChI=1S/C28H31N3O/c1-18-14-19(2)27(20(3)15-18)31-28(32)21(4)29-16-24(22-10-6-5-7-11-22)25-17-30-26-13-9-8-12-23(25)26/h5-15,17,21,24,29-30H,16H2,1-4H3,(H,31,32)/p+1/t21-,24+/m1/s1. The first-order valence-corrected chi connectivity index (χ1v) is 11.3. The van der Waals surface area contributed by atoms with Gasteiger partial charge < -0.3 is 15.6 Å². The predicted molar refractivity (Wildman–Crippen MR) is 132 cm³/mol. The Bertz CT molecular complexity index is 1200. The number of nitrogens with two attached hydrogens (primary N) is 1. The molecule has 4 N–H and O–H groups in total. The molecule has 0 unspecified atom stereocenters. The summed E-state index contributed by atoms with van der Waals surface area (Å²) < 4.78 is 0. The molecule has 4 aromatic rings. The monoisotopic (exact) mass is 426 g/mol. The van der Waals surface area contributed by atoms with Crippen LogP contribution in [-0.2, 0) is 4.79 Å². The molecule has 3 aromatic carbocycles. The van der Waals surface area contributed by atoms with Crippen molar-refractivity contribution in [2.24, 2.45) is 0 Å². The lowest BCUT2D eigenvalue weighted by atomic mass is 9.90. The molecule has 32 heavy (non-hydrogen) atoms. The van der Waals surface area contributed by atoms with Crippen molar-refractivity contribution in [2.75, 3.05) is 11.9 Å². The van der Waals surface area contributed by atoms with Crippen LogP contribution >= 0.6 is 0 Å². The maximum Gasteiger partial charge on any atom is 0.282 e. The van der Waals surface area contributed by atoms with Crippen molar-refractivity contribution in [3.8, 4) is 0 Å². The lowest BCUT2D eigenvalue weighted by Gasteiger charge is -2.19. The van der Waals surface area contributed by atoms with E-state index in [-0.39, 0.29) is 17.9 Å². The molecular formula is C28H32N3O+. The molecule has 0 aliphatic rings. The zero-order valence-electron chi connectivity index (χ0n) is 19.3. The highest BCUT2D eigenvalue weighted by atomic mass is 16.2. The highest BCUT2D eigenvalue weighted by Gasteiger charge is 2.24. The predicted octanol–water partition coefficient (Wildman–Crippen LogP) is 4.82. The fourth-order valence-electron chi connectivity index (χ4n) is 4.57. The van der Waals surface area contributed by atoms with E-state index >= 15 is 0 Å². The van der Waals surface area contributed by atoms with Gasteiger partial charge in [0.2, 0.25) is 0 Å². The molecule has 0 spiro atoms. The third kappa shape index (κ3) is 4.61. The number of aromatic nitrogens is 1. The van der Waals surface area contributed by atoms with Crippen LogP contribution in [-0.4, -0.2) is 23.5 Å². The Morgan fingerprint density at radius 3 is 2.34 bits per heavy atom. The van der Waals surface area contributed by atoms with Crippen LogP contribution in [0.5, 0.6) is 0 Å². The minimum absolute atomic E-state index is 0.0331. The van der Waals surface area contributed by atoms with Crippen molar-refractivity contribution in [3.05, 3.63) is 101 Å². The highest BCUT2D eigenvalue weighted by Crippen LogP contribution is 2.30. The number of fused-ring (bicyclic) bond motifs is 1. The number of nitrogens with one attached hydrogen (secondary N) is 2. The van der Waals surface area contributed by atoms with Crippen LogP contribution in [0.1, 0.15) is 40.7 Å². The van der Waals surface area contributed by atoms with Crippen molar-refractivity contribution >= 4 is 22.5 Å². The van der Waals surface area contributed by atoms with Gasteiger partial charge in [-0.2, -0.15) is 0 Å². The molecule has 4 heteroatoms. The van der Waals surface area contributed by atoms with Gasteiger partial charge in [-0.05, 0) is 56.0 Å². The smallest absolute Gasteiger partial charge is 0.282 e. The van der Waals surface area contributed by atoms with E-state index < -0.39 is 0 Å². The number of carbonyl (C=O) groups excluding carboxylic acids is 1. The van der Waals surface area contributed by atoms with Gasteiger partial charge in [0.15, 0.2) is 6.04 Å². The Kier molecular flexibility index (Phi) is 6.42. The quantitative estimate of drug-likeness (QED) is 0.390. The first-order valence-electron chi connectivity index (χ1n) is 11.3. The first-order chi connectivity index (χ1) is 15.4. The Hall–Kier alpha value is -3.37. The Morgan fingerprint density at radius 1 is 0.969 bits per heavy atom. The number of aryl methyl sites for hydroxylation is 3. The zero-order valence-corrected chi connectivity index (χ0v) is 19.3. The molecule has 1 amide bonds. The Balaban J connectivity index is 1.53. The number of H-pyrrole nitrogens is 1. The highest BCUT2D eigenvalue weighted by molar-refractivity contribution is 5.95. The molecular weight excluding hydrogens is 394 g/mol. The fraction of sp³-hybridized carbons (Fsp3) is 0.250. The summed E-state index contributed by atoms with van der Waals surface area (Å²) in [6, 6.07) is 23.0. The molecule has 1 heterocycles.